The third-order valence-electron chi connectivity index (χ3n) is 4.56. The van der Waals surface area contributed by atoms with E-state index in [-0.39, 0.29) is 24.1 Å². The summed E-state index contributed by atoms with van der Waals surface area (Å²) >= 11 is 0. The number of Topliss-reactive ketones (excluding diaryl/α,β-unsaturated/α-hetero) is 1. The SMILES string of the molecule is COCCCC(=O)C1CC2CCC(C1)N2C(=O)OC(C)(C)C. The number of ether oxygens (including phenoxy) is 2. The van der Waals surface area contributed by atoms with Crippen LogP contribution >= 0.6 is 0 Å². The smallest absolute Gasteiger partial charge is 0.410 e. The van der Waals surface area contributed by atoms with Gasteiger partial charge in [-0.2, -0.15) is 0 Å². The molecule has 5 nitrogen and oxygen atoms in total. The van der Waals surface area contributed by atoms with Crippen LogP contribution in [0.3, 0.4) is 0 Å². The highest BCUT2D eigenvalue weighted by molar-refractivity contribution is 5.81. The van der Waals surface area contributed by atoms with Gasteiger partial charge in [0.15, 0.2) is 0 Å². The molecule has 2 aliphatic rings. The fourth-order valence-electron chi connectivity index (χ4n) is 3.65. The van der Waals surface area contributed by atoms with E-state index >= 15 is 0 Å². The zero-order chi connectivity index (χ0) is 16.3. The van der Waals surface area contributed by atoms with Crippen molar-refractivity contribution in [3.63, 3.8) is 0 Å². The summed E-state index contributed by atoms with van der Waals surface area (Å²) in [5, 5.41) is 0. The van der Waals surface area contributed by atoms with Crippen molar-refractivity contribution in [3.05, 3.63) is 0 Å². The van der Waals surface area contributed by atoms with Crippen molar-refractivity contribution < 1.29 is 19.1 Å². The van der Waals surface area contributed by atoms with Gasteiger partial charge in [0, 0.05) is 38.1 Å². The monoisotopic (exact) mass is 311 g/mol. The molecule has 0 spiro atoms. The zero-order valence-corrected chi connectivity index (χ0v) is 14.3. The van der Waals surface area contributed by atoms with E-state index in [1.807, 2.05) is 25.7 Å². The minimum absolute atomic E-state index is 0.105. The molecule has 0 aliphatic carbocycles. The van der Waals surface area contributed by atoms with Crippen LogP contribution in [0.25, 0.3) is 0 Å². The molecule has 1 amide bonds. The molecule has 2 saturated heterocycles. The highest BCUT2D eigenvalue weighted by Gasteiger charge is 2.46. The Balaban J connectivity index is 1.91. The van der Waals surface area contributed by atoms with E-state index in [9.17, 15) is 9.59 Å². The number of carbonyl (C=O) groups excluding carboxylic acids is 2. The lowest BCUT2D eigenvalue weighted by Crippen LogP contribution is -2.49. The molecule has 0 N–H and O–H groups in total. The molecule has 0 aromatic heterocycles. The number of piperidine rings is 1. The summed E-state index contributed by atoms with van der Waals surface area (Å²) < 4.78 is 10.5. The number of rotatable bonds is 5. The second kappa shape index (κ2) is 6.99. The Hall–Kier alpha value is -1.10. The maximum Gasteiger partial charge on any atom is 0.410 e. The molecule has 22 heavy (non-hydrogen) atoms. The van der Waals surface area contributed by atoms with Crippen molar-refractivity contribution in [2.75, 3.05) is 13.7 Å². The van der Waals surface area contributed by atoms with Crippen LogP contribution in [-0.2, 0) is 14.3 Å². The van der Waals surface area contributed by atoms with Crippen LogP contribution in [0.15, 0.2) is 0 Å². The molecule has 2 fully saturated rings. The van der Waals surface area contributed by atoms with Crippen molar-refractivity contribution in [1.29, 1.82) is 0 Å². The largest absolute Gasteiger partial charge is 0.444 e. The number of carbonyl (C=O) groups is 2. The van der Waals surface area contributed by atoms with E-state index in [0.717, 1.165) is 32.1 Å². The van der Waals surface area contributed by atoms with Crippen molar-refractivity contribution in [2.24, 2.45) is 5.92 Å². The molecule has 2 unspecified atom stereocenters. The quantitative estimate of drug-likeness (QED) is 0.732. The Morgan fingerprint density at radius 3 is 2.23 bits per heavy atom. The van der Waals surface area contributed by atoms with E-state index < -0.39 is 5.60 Å². The molecule has 2 heterocycles. The van der Waals surface area contributed by atoms with E-state index in [0.29, 0.717) is 18.8 Å². The van der Waals surface area contributed by atoms with Gasteiger partial charge in [0.2, 0.25) is 0 Å². The molecule has 126 valence electrons. The Bertz CT molecular complexity index is 401. The van der Waals surface area contributed by atoms with Crippen molar-refractivity contribution in [1.82, 2.24) is 4.90 Å². The van der Waals surface area contributed by atoms with Gasteiger partial charge in [-0.25, -0.2) is 4.79 Å². The maximum absolute atomic E-state index is 12.4. The number of hydrogen-bond acceptors (Lipinski definition) is 4. The third kappa shape index (κ3) is 4.22. The normalized spacial score (nSPS) is 27.8. The lowest BCUT2D eigenvalue weighted by Gasteiger charge is -2.39. The van der Waals surface area contributed by atoms with Gasteiger partial charge in [0.1, 0.15) is 11.4 Å². The van der Waals surface area contributed by atoms with Crippen LogP contribution in [0.5, 0.6) is 0 Å². The van der Waals surface area contributed by atoms with Crippen LogP contribution in [0.1, 0.15) is 59.3 Å². The van der Waals surface area contributed by atoms with Gasteiger partial charge < -0.3 is 14.4 Å². The summed E-state index contributed by atoms with van der Waals surface area (Å²) in [4.78, 5) is 26.6. The minimum Gasteiger partial charge on any atom is -0.444 e. The number of methoxy groups -OCH3 is 1. The number of nitrogens with zero attached hydrogens (tertiary/aromatic N) is 1. The average Bonchev–Trinajstić information content (AvgIpc) is 2.68. The van der Waals surface area contributed by atoms with Gasteiger partial charge in [-0.15, -0.1) is 0 Å². The summed E-state index contributed by atoms with van der Waals surface area (Å²) in [7, 11) is 1.66. The van der Waals surface area contributed by atoms with Crippen molar-refractivity contribution in [2.45, 2.75) is 77.0 Å². The van der Waals surface area contributed by atoms with Gasteiger partial charge >= 0.3 is 6.09 Å². The second-order valence-electron chi connectivity index (χ2n) is 7.50. The Kier molecular flexibility index (Phi) is 5.48. The Labute approximate surface area is 133 Å². The Morgan fingerprint density at radius 2 is 1.73 bits per heavy atom. The summed E-state index contributed by atoms with van der Waals surface area (Å²) in [6.45, 7) is 6.30. The first-order chi connectivity index (χ1) is 10.3. The first kappa shape index (κ1) is 17.3. The first-order valence-electron chi connectivity index (χ1n) is 8.35. The summed E-state index contributed by atoms with van der Waals surface area (Å²) in [5.74, 6) is 0.436. The second-order valence-corrected chi connectivity index (χ2v) is 7.50. The fourth-order valence-corrected chi connectivity index (χ4v) is 3.65. The molecule has 0 aromatic rings. The Morgan fingerprint density at radius 1 is 1.14 bits per heavy atom. The van der Waals surface area contributed by atoms with E-state index in [2.05, 4.69) is 0 Å². The molecule has 5 heteroatoms. The molecular weight excluding hydrogens is 282 g/mol. The van der Waals surface area contributed by atoms with E-state index in [1.165, 1.54) is 0 Å². The van der Waals surface area contributed by atoms with Gasteiger partial charge in [-0.05, 0) is 52.9 Å². The van der Waals surface area contributed by atoms with Crippen LogP contribution < -0.4 is 0 Å². The molecule has 2 bridgehead atoms. The van der Waals surface area contributed by atoms with Crippen molar-refractivity contribution >= 4 is 11.9 Å². The molecular formula is C17H29NO4. The van der Waals surface area contributed by atoms with Gasteiger partial charge in [0.05, 0.1) is 0 Å². The number of amides is 1. The standard InChI is InChI=1S/C17H29NO4/c1-17(2,3)22-16(20)18-13-7-8-14(18)11-12(10-13)15(19)6-5-9-21-4/h12-14H,5-11H2,1-4H3. The summed E-state index contributed by atoms with van der Waals surface area (Å²) in [6, 6.07) is 0.343. The third-order valence-corrected chi connectivity index (χ3v) is 4.56. The molecule has 2 aliphatic heterocycles. The van der Waals surface area contributed by atoms with E-state index in [1.54, 1.807) is 7.11 Å². The molecule has 0 radical (unpaired) electrons. The highest BCUT2D eigenvalue weighted by Crippen LogP contribution is 2.40. The van der Waals surface area contributed by atoms with Gasteiger partial charge in [0.25, 0.3) is 0 Å². The topological polar surface area (TPSA) is 55.8 Å². The average molecular weight is 311 g/mol. The van der Waals surface area contributed by atoms with Gasteiger partial charge in [-0.3, -0.25) is 4.79 Å². The predicted molar refractivity (Wildman–Crippen MR) is 83.7 cm³/mol. The van der Waals surface area contributed by atoms with Gasteiger partial charge in [-0.1, -0.05) is 0 Å². The number of hydrogen-bond donors (Lipinski definition) is 0. The summed E-state index contributed by atoms with van der Waals surface area (Å²) in [6.07, 6.45) is 4.73. The fraction of sp³-hybridized carbons (Fsp3) is 0.882. The molecule has 0 saturated carbocycles. The first-order valence-corrected chi connectivity index (χ1v) is 8.35. The molecule has 0 aromatic carbocycles. The minimum atomic E-state index is -0.469. The zero-order valence-electron chi connectivity index (χ0n) is 14.3. The predicted octanol–water partition coefficient (Wildman–Crippen LogP) is 3.16. The lowest BCUT2D eigenvalue weighted by molar-refractivity contribution is -0.125. The van der Waals surface area contributed by atoms with Crippen LogP contribution in [0.2, 0.25) is 0 Å². The maximum atomic E-state index is 12.4. The van der Waals surface area contributed by atoms with E-state index in [4.69, 9.17) is 9.47 Å². The van der Waals surface area contributed by atoms with Crippen molar-refractivity contribution in [3.8, 4) is 0 Å². The number of ketones is 1. The van der Waals surface area contributed by atoms with Crippen LogP contribution in [0.4, 0.5) is 4.79 Å². The lowest BCUT2D eigenvalue weighted by atomic mass is 9.86. The van der Waals surface area contributed by atoms with Crippen LogP contribution in [0, 0.1) is 5.92 Å². The molecule has 2 atom stereocenters. The molecule has 2 rings (SSSR count). The number of fused-ring (bicyclic) bond motifs is 2. The summed E-state index contributed by atoms with van der Waals surface area (Å²) in [5.41, 5.74) is -0.469. The van der Waals surface area contributed by atoms with Crippen LogP contribution in [-0.4, -0.2) is 48.2 Å². The highest BCUT2D eigenvalue weighted by atomic mass is 16.6.